The van der Waals surface area contributed by atoms with Gasteiger partial charge in [-0.1, -0.05) is 0 Å². The van der Waals surface area contributed by atoms with E-state index in [1.54, 1.807) is 0 Å². The summed E-state index contributed by atoms with van der Waals surface area (Å²) in [6.45, 7) is 0. The average molecular weight is 159 g/mol. The fourth-order valence-electron chi connectivity index (χ4n) is 0.0797. The average Bonchev–Trinajstić information content (AvgIpc) is 1.65. The quantitative estimate of drug-likeness (QED) is 0.308. The predicted octanol–water partition coefficient (Wildman–Crippen LogP) is 0.772. The van der Waals surface area contributed by atoms with Gasteiger partial charge in [-0.3, -0.25) is 0 Å². The summed E-state index contributed by atoms with van der Waals surface area (Å²) in [6.07, 6.45) is -0.603. The lowest BCUT2D eigenvalue weighted by Gasteiger charge is -2.06. The highest BCUT2D eigenvalue weighted by molar-refractivity contribution is 7.99. The lowest BCUT2D eigenvalue weighted by atomic mass is 10.5. The fraction of sp³-hybridized carbons (Fsp3) is 1.00. The molecule has 0 fully saturated rings. The van der Waals surface area contributed by atoms with E-state index in [-0.39, 0.29) is 10.5 Å². The van der Waals surface area contributed by atoms with Gasteiger partial charge < -0.3 is 5.11 Å². The Bertz CT molecular complexity index is 50.2. The molecule has 4 heteroatoms. The summed E-state index contributed by atoms with van der Waals surface area (Å²) < 4.78 is -0.322. The van der Waals surface area contributed by atoms with Crippen molar-refractivity contribution >= 4 is 36.9 Å². The number of alkyl halides is 1. The lowest BCUT2D eigenvalue weighted by Crippen LogP contribution is -2.16. The number of aliphatic hydroxyl groups is 1. The first kappa shape index (κ1) is 7.95. The summed E-state index contributed by atoms with van der Waals surface area (Å²) in [4.78, 5) is 0. The van der Waals surface area contributed by atoms with E-state index >= 15 is 0 Å². The van der Waals surface area contributed by atoms with Crippen LogP contribution in [0.5, 0.6) is 0 Å². The Morgan fingerprint density at radius 3 is 2.00 bits per heavy atom. The van der Waals surface area contributed by atoms with Crippen LogP contribution in [-0.4, -0.2) is 21.7 Å². The molecular formula is C3H7ClOS2. The van der Waals surface area contributed by atoms with Crippen LogP contribution in [0.3, 0.4) is 0 Å². The number of halogens is 1. The SMILES string of the molecule is OC(CCl)C(S)S. The number of rotatable bonds is 2. The zero-order valence-electron chi connectivity index (χ0n) is 3.58. The van der Waals surface area contributed by atoms with E-state index in [1.807, 2.05) is 0 Å². The molecule has 0 saturated carbocycles. The first-order chi connectivity index (χ1) is 3.18. The standard InChI is InChI=1S/C3H7ClOS2/c4-1-2(5)3(6)7/h2-3,5-7H,1H2. The Morgan fingerprint density at radius 1 is 1.57 bits per heavy atom. The summed E-state index contributed by atoms with van der Waals surface area (Å²) in [5.41, 5.74) is 0. The van der Waals surface area contributed by atoms with Crippen molar-refractivity contribution in [3.63, 3.8) is 0 Å². The molecule has 0 radical (unpaired) electrons. The van der Waals surface area contributed by atoms with E-state index in [1.165, 1.54) is 0 Å². The maximum atomic E-state index is 8.65. The largest absolute Gasteiger partial charge is 0.390 e. The molecule has 0 amide bonds. The van der Waals surface area contributed by atoms with Gasteiger partial charge in [-0.2, -0.15) is 25.3 Å². The number of hydrogen-bond acceptors (Lipinski definition) is 3. The van der Waals surface area contributed by atoms with Gasteiger partial charge in [0.05, 0.1) is 16.6 Å². The van der Waals surface area contributed by atoms with E-state index in [2.05, 4.69) is 25.3 Å². The molecule has 0 spiro atoms. The molecule has 1 nitrogen and oxygen atoms in total. The second-order valence-electron chi connectivity index (χ2n) is 1.14. The van der Waals surface area contributed by atoms with Crippen LogP contribution in [0.15, 0.2) is 0 Å². The minimum atomic E-state index is -0.603. The molecule has 0 aliphatic heterocycles. The third-order valence-electron chi connectivity index (χ3n) is 0.502. The Morgan fingerprint density at radius 2 is 2.00 bits per heavy atom. The van der Waals surface area contributed by atoms with Gasteiger partial charge in [0.15, 0.2) is 0 Å². The van der Waals surface area contributed by atoms with Crippen LogP contribution in [0, 0.1) is 0 Å². The van der Waals surface area contributed by atoms with E-state index in [0.29, 0.717) is 0 Å². The van der Waals surface area contributed by atoms with Crippen LogP contribution in [0.25, 0.3) is 0 Å². The summed E-state index contributed by atoms with van der Waals surface area (Å²) in [5, 5.41) is 8.65. The van der Waals surface area contributed by atoms with Gasteiger partial charge in [0, 0.05) is 0 Å². The van der Waals surface area contributed by atoms with Crippen molar-refractivity contribution < 1.29 is 5.11 Å². The third kappa shape index (κ3) is 3.53. The van der Waals surface area contributed by atoms with E-state index in [4.69, 9.17) is 16.7 Å². The molecule has 0 rings (SSSR count). The van der Waals surface area contributed by atoms with Crippen molar-refractivity contribution in [2.24, 2.45) is 0 Å². The lowest BCUT2D eigenvalue weighted by molar-refractivity contribution is 0.217. The molecule has 1 unspecified atom stereocenters. The Labute approximate surface area is 58.9 Å². The maximum absolute atomic E-state index is 8.65. The van der Waals surface area contributed by atoms with Crippen LogP contribution in [0.2, 0.25) is 0 Å². The van der Waals surface area contributed by atoms with Gasteiger partial charge in [-0.05, 0) is 0 Å². The highest BCUT2D eigenvalue weighted by Crippen LogP contribution is 2.06. The topological polar surface area (TPSA) is 20.2 Å². The molecule has 1 N–H and O–H groups in total. The van der Waals surface area contributed by atoms with Crippen LogP contribution in [0.4, 0.5) is 0 Å². The van der Waals surface area contributed by atoms with E-state index < -0.39 is 6.10 Å². The van der Waals surface area contributed by atoms with Crippen molar-refractivity contribution in [3.05, 3.63) is 0 Å². The first-order valence-electron chi connectivity index (χ1n) is 1.78. The molecular weight excluding hydrogens is 152 g/mol. The summed E-state index contributed by atoms with van der Waals surface area (Å²) in [7, 11) is 0. The van der Waals surface area contributed by atoms with Crippen molar-refractivity contribution in [3.8, 4) is 0 Å². The third-order valence-corrected chi connectivity index (χ3v) is 1.51. The van der Waals surface area contributed by atoms with Crippen LogP contribution < -0.4 is 0 Å². The second kappa shape index (κ2) is 3.89. The Hall–Kier alpha value is 0.950. The molecule has 0 aromatic rings. The van der Waals surface area contributed by atoms with E-state index in [0.717, 1.165) is 0 Å². The van der Waals surface area contributed by atoms with Gasteiger partial charge in [0.25, 0.3) is 0 Å². The highest BCUT2D eigenvalue weighted by atomic mass is 35.5. The summed E-state index contributed by atoms with van der Waals surface area (Å²) in [5.74, 6) is 0.192. The minimum Gasteiger partial charge on any atom is -0.390 e. The molecule has 0 aromatic heterocycles. The molecule has 0 saturated heterocycles. The minimum absolute atomic E-state index is 0.192. The Kier molecular flexibility index (Phi) is 4.42. The molecule has 0 heterocycles. The van der Waals surface area contributed by atoms with Crippen LogP contribution in [0.1, 0.15) is 0 Å². The van der Waals surface area contributed by atoms with Gasteiger partial charge in [-0.15, -0.1) is 11.6 Å². The predicted molar refractivity (Wildman–Crippen MR) is 38.5 cm³/mol. The van der Waals surface area contributed by atoms with Crippen molar-refractivity contribution in [2.75, 3.05) is 5.88 Å². The fourth-order valence-corrected chi connectivity index (χ4v) is 0.717. The van der Waals surface area contributed by atoms with Gasteiger partial charge >= 0.3 is 0 Å². The highest BCUT2D eigenvalue weighted by Gasteiger charge is 2.06. The second-order valence-corrected chi connectivity index (χ2v) is 2.96. The molecule has 0 aromatic carbocycles. The molecule has 0 aliphatic carbocycles. The number of aliphatic hydroxyl groups excluding tert-OH is 1. The Balaban J connectivity index is 3.14. The van der Waals surface area contributed by atoms with Crippen LogP contribution >= 0.6 is 36.9 Å². The molecule has 44 valence electrons. The monoisotopic (exact) mass is 158 g/mol. The summed E-state index contributed by atoms with van der Waals surface area (Å²) in [6, 6.07) is 0. The van der Waals surface area contributed by atoms with Crippen molar-refractivity contribution in [1.29, 1.82) is 0 Å². The maximum Gasteiger partial charge on any atom is 0.0880 e. The van der Waals surface area contributed by atoms with Gasteiger partial charge in [-0.25, -0.2) is 0 Å². The van der Waals surface area contributed by atoms with Crippen LogP contribution in [-0.2, 0) is 0 Å². The van der Waals surface area contributed by atoms with Gasteiger partial charge in [0.1, 0.15) is 0 Å². The first-order valence-corrected chi connectivity index (χ1v) is 3.35. The molecule has 0 bridgehead atoms. The molecule has 1 atom stereocenters. The number of thiol groups is 2. The number of hydrogen-bond donors (Lipinski definition) is 3. The van der Waals surface area contributed by atoms with E-state index in [9.17, 15) is 0 Å². The zero-order valence-corrected chi connectivity index (χ0v) is 6.13. The summed E-state index contributed by atoms with van der Waals surface area (Å²) >= 11 is 12.8. The zero-order chi connectivity index (χ0) is 5.86. The van der Waals surface area contributed by atoms with Crippen molar-refractivity contribution in [1.82, 2.24) is 0 Å². The molecule has 0 aliphatic rings. The normalized spacial score (nSPS) is 15.0. The van der Waals surface area contributed by atoms with Gasteiger partial charge in [0.2, 0.25) is 0 Å². The smallest absolute Gasteiger partial charge is 0.0880 e. The van der Waals surface area contributed by atoms with Crippen molar-refractivity contribution in [2.45, 2.75) is 10.7 Å². The molecule has 7 heavy (non-hydrogen) atoms.